The largest absolute Gasteiger partial charge is 0.497 e. The predicted molar refractivity (Wildman–Crippen MR) is 113 cm³/mol. The van der Waals surface area contributed by atoms with Crippen molar-refractivity contribution in [1.82, 2.24) is 14.5 Å². The predicted octanol–water partition coefficient (Wildman–Crippen LogP) is 4.12. The van der Waals surface area contributed by atoms with Crippen molar-refractivity contribution in [2.75, 3.05) is 12.8 Å². The number of methoxy groups -OCH3 is 1. The molecule has 2 N–H and O–H groups in total. The maximum atomic E-state index is 12.9. The second-order valence-electron chi connectivity index (χ2n) is 6.81. The maximum absolute atomic E-state index is 12.9. The van der Waals surface area contributed by atoms with Crippen molar-refractivity contribution in [1.29, 1.82) is 0 Å². The summed E-state index contributed by atoms with van der Waals surface area (Å²) in [6.45, 7) is 3.80. The van der Waals surface area contributed by atoms with E-state index in [0.29, 0.717) is 34.4 Å². The Balaban J connectivity index is 2.02. The third-order valence-corrected chi connectivity index (χ3v) is 4.90. The molecule has 2 aromatic carbocycles. The Kier molecular flexibility index (Phi) is 4.80. The lowest BCUT2D eigenvalue weighted by atomic mass is 10.2. The number of benzene rings is 2. The molecule has 4 aromatic rings. The van der Waals surface area contributed by atoms with Crippen molar-refractivity contribution in [3.05, 3.63) is 54.1 Å². The van der Waals surface area contributed by atoms with Crippen LogP contribution in [0.25, 0.3) is 27.9 Å². The van der Waals surface area contributed by atoms with Crippen LogP contribution in [0.1, 0.15) is 30.6 Å². The molecule has 148 valence electrons. The fourth-order valence-electron chi connectivity index (χ4n) is 3.20. The van der Waals surface area contributed by atoms with E-state index in [0.717, 1.165) is 5.69 Å². The molecule has 0 spiro atoms. The van der Waals surface area contributed by atoms with Gasteiger partial charge in [-0.25, -0.2) is 14.8 Å². The molecule has 0 amide bonds. The standard InChI is InChI=1S/C22H22N4O3/c1-4-13(2)29-22(27)18-19-21(25-17-11-6-5-10-16(17)24-19)26(20(18)23)14-8-7-9-15(12-14)28-3/h5-13H,4,23H2,1-3H3/t13-/m1/s1. The van der Waals surface area contributed by atoms with Gasteiger partial charge in [-0.15, -0.1) is 0 Å². The van der Waals surface area contributed by atoms with Gasteiger partial charge in [-0.3, -0.25) is 4.57 Å². The summed E-state index contributed by atoms with van der Waals surface area (Å²) < 4.78 is 12.6. The number of hydrogen-bond donors (Lipinski definition) is 1. The molecular formula is C22H22N4O3. The van der Waals surface area contributed by atoms with Crippen molar-refractivity contribution in [3.63, 3.8) is 0 Å². The van der Waals surface area contributed by atoms with Crippen LogP contribution in [0, 0.1) is 0 Å². The van der Waals surface area contributed by atoms with Crippen molar-refractivity contribution in [2.45, 2.75) is 26.4 Å². The number of para-hydroxylation sites is 2. The van der Waals surface area contributed by atoms with Gasteiger partial charge in [0, 0.05) is 6.07 Å². The molecule has 7 nitrogen and oxygen atoms in total. The second-order valence-corrected chi connectivity index (χ2v) is 6.81. The summed E-state index contributed by atoms with van der Waals surface area (Å²) in [5.74, 6) is 0.395. The minimum Gasteiger partial charge on any atom is -0.497 e. The van der Waals surface area contributed by atoms with E-state index in [9.17, 15) is 4.79 Å². The Morgan fingerprint density at radius 2 is 1.86 bits per heavy atom. The van der Waals surface area contributed by atoms with E-state index >= 15 is 0 Å². The molecule has 29 heavy (non-hydrogen) atoms. The van der Waals surface area contributed by atoms with Gasteiger partial charge in [-0.05, 0) is 37.6 Å². The van der Waals surface area contributed by atoms with Gasteiger partial charge in [0.1, 0.15) is 22.6 Å². The molecule has 1 atom stereocenters. The number of nitrogens with two attached hydrogens (primary N) is 1. The summed E-state index contributed by atoms with van der Waals surface area (Å²) in [4.78, 5) is 22.4. The molecular weight excluding hydrogens is 368 g/mol. The maximum Gasteiger partial charge on any atom is 0.344 e. The number of anilines is 1. The molecule has 2 aromatic heterocycles. The molecule has 7 heteroatoms. The molecule has 0 fully saturated rings. The van der Waals surface area contributed by atoms with Crippen LogP contribution in [0.5, 0.6) is 5.75 Å². The highest BCUT2D eigenvalue weighted by Gasteiger charge is 2.26. The first kappa shape index (κ1) is 18.7. The van der Waals surface area contributed by atoms with Crippen molar-refractivity contribution in [2.24, 2.45) is 0 Å². The fraction of sp³-hybridized carbons (Fsp3) is 0.227. The van der Waals surface area contributed by atoms with Crippen molar-refractivity contribution in [3.8, 4) is 11.4 Å². The SMILES string of the molecule is CC[C@@H](C)OC(=O)c1c(N)n(-c2cccc(OC)c2)c2nc3ccccc3nc12. The highest BCUT2D eigenvalue weighted by atomic mass is 16.5. The van der Waals surface area contributed by atoms with E-state index in [1.54, 1.807) is 11.7 Å². The van der Waals surface area contributed by atoms with Crippen LogP contribution in [0.2, 0.25) is 0 Å². The van der Waals surface area contributed by atoms with Gasteiger partial charge < -0.3 is 15.2 Å². The number of carbonyl (C=O) groups excluding carboxylic acids is 1. The first-order chi connectivity index (χ1) is 14.0. The quantitative estimate of drug-likeness (QED) is 0.515. The monoisotopic (exact) mass is 390 g/mol. The van der Waals surface area contributed by atoms with Gasteiger partial charge in [0.15, 0.2) is 5.65 Å². The molecule has 0 unspecified atom stereocenters. The molecule has 0 saturated heterocycles. The van der Waals surface area contributed by atoms with Crippen LogP contribution in [-0.4, -0.2) is 33.7 Å². The number of nitrogen functional groups attached to an aromatic ring is 1. The van der Waals surface area contributed by atoms with Gasteiger partial charge in [0.2, 0.25) is 0 Å². The summed E-state index contributed by atoms with van der Waals surface area (Å²) in [6.07, 6.45) is 0.472. The molecule has 4 rings (SSSR count). The Morgan fingerprint density at radius 1 is 1.14 bits per heavy atom. The van der Waals surface area contributed by atoms with Crippen LogP contribution < -0.4 is 10.5 Å². The number of aromatic nitrogens is 3. The number of esters is 1. The fourth-order valence-corrected chi connectivity index (χ4v) is 3.20. The normalized spacial score (nSPS) is 12.2. The Morgan fingerprint density at radius 3 is 2.55 bits per heavy atom. The molecule has 0 aliphatic rings. The lowest BCUT2D eigenvalue weighted by Gasteiger charge is -2.11. The van der Waals surface area contributed by atoms with E-state index in [-0.39, 0.29) is 17.5 Å². The van der Waals surface area contributed by atoms with Crippen molar-refractivity contribution >= 4 is 34.0 Å². The molecule has 2 heterocycles. The summed E-state index contributed by atoms with van der Waals surface area (Å²) in [5, 5.41) is 0. The molecule has 0 bridgehead atoms. The Bertz CT molecular complexity index is 1220. The second kappa shape index (κ2) is 7.43. The van der Waals surface area contributed by atoms with E-state index < -0.39 is 5.97 Å². The summed E-state index contributed by atoms with van der Waals surface area (Å²) in [6, 6.07) is 14.9. The van der Waals surface area contributed by atoms with Crippen molar-refractivity contribution < 1.29 is 14.3 Å². The lowest BCUT2D eigenvalue weighted by molar-refractivity contribution is 0.0338. The zero-order chi connectivity index (χ0) is 20.5. The highest BCUT2D eigenvalue weighted by molar-refractivity contribution is 6.09. The van der Waals surface area contributed by atoms with Gasteiger partial charge in [0.25, 0.3) is 0 Å². The lowest BCUT2D eigenvalue weighted by Crippen LogP contribution is -2.15. The van der Waals surface area contributed by atoms with Gasteiger partial charge in [-0.2, -0.15) is 0 Å². The molecule has 0 aliphatic carbocycles. The Labute approximate surface area is 168 Å². The topological polar surface area (TPSA) is 92.3 Å². The van der Waals surface area contributed by atoms with E-state index in [1.165, 1.54) is 0 Å². The summed E-state index contributed by atoms with van der Waals surface area (Å²) in [5.41, 5.74) is 9.70. The minimum absolute atomic E-state index is 0.223. The van der Waals surface area contributed by atoms with Crippen LogP contribution in [0.15, 0.2) is 48.5 Å². The number of hydrogen-bond acceptors (Lipinski definition) is 6. The molecule has 0 saturated carbocycles. The van der Waals surface area contributed by atoms with Crippen LogP contribution in [0.4, 0.5) is 5.82 Å². The minimum atomic E-state index is -0.506. The van der Waals surface area contributed by atoms with Crippen LogP contribution in [0.3, 0.4) is 0 Å². The number of rotatable bonds is 5. The average Bonchev–Trinajstić information content (AvgIpc) is 3.02. The van der Waals surface area contributed by atoms with E-state index in [4.69, 9.17) is 20.2 Å². The number of ether oxygens (including phenoxy) is 2. The number of carbonyl (C=O) groups is 1. The van der Waals surface area contributed by atoms with Crippen LogP contribution in [-0.2, 0) is 4.74 Å². The van der Waals surface area contributed by atoms with E-state index in [1.807, 2.05) is 62.4 Å². The average molecular weight is 390 g/mol. The zero-order valence-electron chi connectivity index (χ0n) is 16.5. The molecule has 0 aliphatic heterocycles. The van der Waals surface area contributed by atoms with Gasteiger partial charge in [0.05, 0.1) is 29.9 Å². The van der Waals surface area contributed by atoms with Gasteiger partial charge >= 0.3 is 5.97 Å². The number of fused-ring (bicyclic) bond motifs is 2. The first-order valence-electron chi connectivity index (χ1n) is 9.45. The first-order valence-corrected chi connectivity index (χ1v) is 9.45. The van der Waals surface area contributed by atoms with Gasteiger partial charge in [-0.1, -0.05) is 25.1 Å². The zero-order valence-corrected chi connectivity index (χ0v) is 16.5. The third-order valence-electron chi connectivity index (χ3n) is 4.90. The highest BCUT2D eigenvalue weighted by Crippen LogP contribution is 2.32. The Hall–Kier alpha value is -3.61. The molecule has 0 radical (unpaired) electrons. The van der Waals surface area contributed by atoms with Crippen LogP contribution >= 0.6 is 0 Å². The third kappa shape index (κ3) is 3.24. The smallest absolute Gasteiger partial charge is 0.344 e. The van der Waals surface area contributed by atoms with E-state index in [2.05, 4.69) is 4.98 Å². The summed E-state index contributed by atoms with van der Waals surface area (Å²) in [7, 11) is 1.60. The summed E-state index contributed by atoms with van der Waals surface area (Å²) >= 11 is 0. The number of nitrogens with zero attached hydrogens (tertiary/aromatic N) is 3.